The van der Waals surface area contributed by atoms with E-state index in [-0.39, 0.29) is 5.41 Å². The summed E-state index contributed by atoms with van der Waals surface area (Å²) in [6, 6.07) is 25.8. The fourth-order valence-electron chi connectivity index (χ4n) is 5.80. The molecule has 2 aliphatic rings. The van der Waals surface area contributed by atoms with Gasteiger partial charge in [0.2, 0.25) is 0 Å². The summed E-state index contributed by atoms with van der Waals surface area (Å²) in [7, 11) is 0. The summed E-state index contributed by atoms with van der Waals surface area (Å²) in [5.41, 5.74) is 3.85. The standard InChI is InChI=1S/C29H24ClNO3/c30-21-8-5-9-22(18-21)31-29(27(32)33)14-12-28(13-15-29)23-10-3-1-6-19(23)16-24(28)26-17-20-7-2-4-11-25(20)34-26/h1-11,16-18,31H,12-15H2,(H,32,33). The zero-order valence-electron chi connectivity index (χ0n) is 18.6. The number of anilines is 1. The number of carboxylic acid groups (broad SMARTS) is 1. The first-order valence-electron chi connectivity index (χ1n) is 11.6. The number of para-hydroxylation sites is 1. The second-order valence-electron chi connectivity index (χ2n) is 9.40. The SMILES string of the molecule is O=C(O)C1(Nc2cccc(Cl)c2)CCC2(CC1)C(c1cc3ccccc3o1)=Cc1ccccc12. The van der Waals surface area contributed by atoms with Gasteiger partial charge in [0.05, 0.1) is 0 Å². The molecule has 34 heavy (non-hydrogen) atoms. The zero-order chi connectivity index (χ0) is 23.3. The summed E-state index contributed by atoms with van der Waals surface area (Å²) in [5, 5.41) is 15.3. The number of rotatable bonds is 4. The molecule has 1 fully saturated rings. The molecule has 0 saturated heterocycles. The molecule has 1 spiro atoms. The van der Waals surface area contributed by atoms with Gasteiger partial charge >= 0.3 is 5.97 Å². The lowest BCUT2D eigenvalue weighted by molar-refractivity contribution is -0.143. The molecule has 1 saturated carbocycles. The van der Waals surface area contributed by atoms with E-state index < -0.39 is 11.5 Å². The molecule has 0 unspecified atom stereocenters. The summed E-state index contributed by atoms with van der Waals surface area (Å²) in [6.07, 6.45) is 4.60. The zero-order valence-corrected chi connectivity index (χ0v) is 19.3. The van der Waals surface area contributed by atoms with Crippen LogP contribution in [0.4, 0.5) is 5.69 Å². The fraction of sp³-hybridized carbons (Fsp3) is 0.207. The predicted molar refractivity (Wildman–Crippen MR) is 136 cm³/mol. The van der Waals surface area contributed by atoms with Crippen LogP contribution in [0.15, 0.2) is 83.3 Å². The van der Waals surface area contributed by atoms with Crippen LogP contribution in [0.3, 0.4) is 0 Å². The Bertz CT molecular complexity index is 1410. The van der Waals surface area contributed by atoms with Gasteiger partial charge in [-0.05, 0) is 73.2 Å². The minimum atomic E-state index is -1.05. The number of allylic oxidation sites excluding steroid dienone is 1. The molecule has 4 nitrogen and oxygen atoms in total. The van der Waals surface area contributed by atoms with Crippen molar-refractivity contribution >= 4 is 45.9 Å². The largest absolute Gasteiger partial charge is 0.480 e. The van der Waals surface area contributed by atoms with Crippen LogP contribution in [0.5, 0.6) is 0 Å². The van der Waals surface area contributed by atoms with Gasteiger partial charge in [0.25, 0.3) is 0 Å². The highest BCUT2D eigenvalue weighted by molar-refractivity contribution is 6.30. The topological polar surface area (TPSA) is 62.5 Å². The second kappa shape index (κ2) is 7.78. The lowest BCUT2D eigenvalue weighted by atomic mass is 9.62. The average molecular weight is 470 g/mol. The minimum Gasteiger partial charge on any atom is -0.480 e. The third-order valence-corrected chi connectivity index (χ3v) is 7.79. The number of halogens is 1. The Morgan fingerprint density at radius 1 is 0.912 bits per heavy atom. The first-order chi connectivity index (χ1) is 16.5. The molecular weight excluding hydrogens is 446 g/mol. The normalized spacial score (nSPS) is 23.6. The lowest BCUT2D eigenvalue weighted by Gasteiger charge is -2.45. The van der Waals surface area contributed by atoms with E-state index in [1.54, 1.807) is 12.1 Å². The molecule has 0 aliphatic heterocycles. The summed E-state index contributed by atoms with van der Waals surface area (Å²) >= 11 is 6.16. The van der Waals surface area contributed by atoms with Crippen LogP contribution in [0.2, 0.25) is 5.02 Å². The van der Waals surface area contributed by atoms with E-state index in [1.165, 1.54) is 11.1 Å². The van der Waals surface area contributed by atoms with Crippen LogP contribution in [-0.4, -0.2) is 16.6 Å². The van der Waals surface area contributed by atoms with Gasteiger partial charge in [-0.15, -0.1) is 0 Å². The quantitative estimate of drug-likeness (QED) is 0.327. The predicted octanol–water partition coefficient (Wildman–Crippen LogP) is 7.39. The molecule has 5 heteroatoms. The molecule has 2 N–H and O–H groups in total. The molecule has 0 bridgehead atoms. The van der Waals surface area contributed by atoms with Crippen molar-refractivity contribution in [2.45, 2.75) is 36.6 Å². The van der Waals surface area contributed by atoms with Gasteiger partial charge in [-0.3, -0.25) is 0 Å². The van der Waals surface area contributed by atoms with E-state index in [0.29, 0.717) is 30.7 Å². The van der Waals surface area contributed by atoms with Crippen LogP contribution in [-0.2, 0) is 10.2 Å². The highest BCUT2D eigenvalue weighted by atomic mass is 35.5. The first kappa shape index (κ1) is 21.1. The number of hydrogen-bond donors (Lipinski definition) is 2. The summed E-state index contributed by atoms with van der Waals surface area (Å²) in [5.74, 6) is 0.0332. The number of carbonyl (C=O) groups is 1. The smallest absolute Gasteiger partial charge is 0.329 e. The maximum absolute atomic E-state index is 12.6. The van der Waals surface area contributed by atoms with Gasteiger partial charge in [-0.25, -0.2) is 4.79 Å². The molecule has 0 radical (unpaired) electrons. The Kier molecular flexibility index (Phi) is 4.82. The molecule has 3 aromatic carbocycles. The Hall–Kier alpha value is -3.50. The van der Waals surface area contributed by atoms with E-state index in [9.17, 15) is 9.90 Å². The minimum absolute atomic E-state index is 0.278. The van der Waals surface area contributed by atoms with Crippen molar-refractivity contribution in [3.05, 3.63) is 101 Å². The van der Waals surface area contributed by atoms with Gasteiger partial charge in [0.1, 0.15) is 16.9 Å². The van der Waals surface area contributed by atoms with Crippen LogP contribution in [0.1, 0.15) is 42.6 Å². The number of benzene rings is 3. The van der Waals surface area contributed by atoms with Gasteiger partial charge < -0.3 is 14.8 Å². The Balaban J connectivity index is 1.39. The maximum atomic E-state index is 12.6. The molecule has 2 aliphatic carbocycles. The molecule has 0 atom stereocenters. The van der Waals surface area contributed by atoms with Crippen molar-refractivity contribution in [2.75, 3.05) is 5.32 Å². The molecule has 4 aromatic rings. The molecule has 0 amide bonds. The highest BCUT2D eigenvalue weighted by Gasteiger charge is 2.52. The molecule has 170 valence electrons. The number of aliphatic carboxylic acids is 1. The Labute approximate surface area is 202 Å². The number of hydrogen-bond acceptors (Lipinski definition) is 3. The maximum Gasteiger partial charge on any atom is 0.329 e. The van der Waals surface area contributed by atoms with Crippen LogP contribution >= 0.6 is 11.6 Å². The van der Waals surface area contributed by atoms with Crippen molar-refractivity contribution in [3.63, 3.8) is 0 Å². The summed E-state index contributed by atoms with van der Waals surface area (Å²) in [4.78, 5) is 12.6. The number of furan rings is 1. The van der Waals surface area contributed by atoms with Gasteiger partial charge in [-0.1, -0.05) is 60.1 Å². The number of carboxylic acids is 1. The van der Waals surface area contributed by atoms with Crippen molar-refractivity contribution in [1.29, 1.82) is 0 Å². The van der Waals surface area contributed by atoms with Crippen LogP contribution < -0.4 is 5.32 Å². The van der Waals surface area contributed by atoms with Crippen molar-refractivity contribution in [3.8, 4) is 0 Å². The van der Waals surface area contributed by atoms with Crippen LogP contribution in [0, 0.1) is 0 Å². The Morgan fingerprint density at radius 2 is 1.68 bits per heavy atom. The monoisotopic (exact) mass is 469 g/mol. The van der Waals surface area contributed by atoms with Crippen molar-refractivity contribution in [1.82, 2.24) is 0 Å². The van der Waals surface area contributed by atoms with Gasteiger partial charge in [0.15, 0.2) is 0 Å². The van der Waals surface area contributed by atoms with E-state index in [4.69, 9.17) is 16.0 Å². The van der Waals surface area contributed by atoms with Crippen molar-refractivity contribution < 1.29 is 14.3 Å². The average Bonchev–Trinajstić information content (AvgIpc) is 3.40. The van der Waals surface area contributed by atoms with E-state index in [2.05, 4.69) is 47.8 Å². The molecule has 1 heterocycles. The third-order valence-electron chi connectivity index (χ3n) is 7.56. The molecule has 1 aromatic heterocycles. The second-order valence-corrected chi connectivity index (χ2v) is 9.83. The summed E-state index contributed by atoms with van der Waals surface area (Å²) in [6.45, 7) is 0. The van der Waals surface area contributed by atoms with Gasteiger partial charge in [-0.2, -0.15) is 0 Å². The first-order valence-corrected chi connectivity index (χ1v) is 11.9. The third kappa shape index (κ3) is 3.24. The van der Waals surface area contributed by atoms with Crippen molar-refractivity contribution in [2.24, 2.45) is 0 Å². The lowest BCUT2D eigenvalue weighted by Crippen LogP contribution is -2.52. The number of fused-ring (bicyclic) bond motifs is 3. The fourth-order valence-corrected chi connectivity index (χ4v) is 5.99. The molecule has 6 rings (SSSR count). The Morgan fingerprint density at radius 3 is 2.44 bits per heavy atom. The van der Waals surface area contributed by atoms with E-state index in [1.807, 2.05) is 30.3 Å². The summed E-state index contributed by atoms with van der Waals surface area (Å²) < 4.78 is 6.30. The van der Waals surface area contributed by atoms with E-state index >= 15 is 0 Å². The van der Waals surface area contributed by atoms with Gasteiger partial charge in [0, 0.05) is 27.1 Å². The molecular formula is C29H24ClNO3. The highest BCUT2D eigenvalue weighted by Crippen LogP contribution is 2.57. The number of nitrogens with one attached hydrogen (secondary N) is 1. The van der Waals surface area contributed by atoms with Crippen LogP contribution in [0.25, 0.3) is 22.6 Å². The van der Waals surface area contributed by atoms with E-state index in [0.717, 1.165) is 28.0 Å².